The Morgan fingerprint density at radius 3 is 2.26 bits per heavy atom. The summed E-state index contributed by atoms with van der Waals surface area (Å²) in [5.41, 5.74) is 4.22. The van der Waals surface area contributed by atoms with E-state index in [0.29, 0.717) is 6.42 Å². The van der Waals surface area contributed by atoms with Gasteiger partial charge in [0.1, 0.15) is 12.6 Å². The average molecular weight is 478 g/mol. The van der Waals surface area contributed by atoms with E-state index < -0.39 is 24.0 Å². The number of aromatic carboxylic acids is 1. The average Bonchev–Trinajstić information content (AvgIpc) is 3.44. The minimum atomic E-state index is -1.22. The molecule has 35 heavy (non-hydrogen) atoms. The highest BCUT2D eigenvalue weighted by atomic mass is 16.5. The lowest BCUT2D eigenvalue weighted by Crippen LogP contribution is -2.47. The topological polar surface area (TPSA) is 131 Å². The molecule has 1 aliphatic rings. The molecular weight excluding hydrogens is 450 g/mol. The van der Waals surface area contributed by atoms with Crippen LogP contribution in [0.2, 0.25) is 0 Å². The van der Waals surface area contributed by atoms with E-state index in [1.165, 1.54) is 6.07 Å². The van der Waals surface area contributed by atoms with Crippen LogP contribution in [0.5, 0.6) is 0 Å². The molecule has 0 fully saturated rings. The summed E-state index contributed by atoms with van der Waals surface area (Å²) >= 11 is 0. The molecule has 0 radical (unpaired) electrons. The van der Waals surface area contributed by atoms with Gasteiger partial charge in [0, 0.05) is 12.0 Å². The monoisotopic (exact) mass is 477 g/mol. The van der Waals surface area contributed by atoms with Gasteiger partial charge in [-0.05, 0) is 34.6 Å². The van der Waals surface area contributed by atoms with Gasteiger partial charge in [0.05, 0.1) is 6.54 Å². The van der Waals surface area contributed by atoms with Crippen molar-refractivity contribution in [1.82, 2.24) is 15.8 Å². The molecule has 1 atom stereocenters. The van der Waals surface area contributed by atoms with Crippen LogP contribution in [0.15, 0.2) is 59.1 Å². The Bertz CT molecular complexity index is 1190. The summed E-state index contributed by atoms with van der Waals surface area (Å²) in [7, 11) is 0. The molecule has 4 rings (SSSR count). The number of carboxylic acids is 1. The van der Waals surface area contributed by atoms with Crippen LogP contribution >= 0.6 is 0 Å². The number of carboxylic acid groups (broad SMARTS) is 1. The number of hydrogen-bond acceptors (Lipinski definition) is 6. The van der Waals surface area contributed by atoms with Gasteiger partial charge < -0.3 is 25.0 Å². The minimum absolute atomic E-state index is 0.0555. The van der Waals surface area contributed by atoms with Crippen molar-refractivity contribution in [3.05, 3.63) is 77.2 Å². The van der Waals surface area contributed by atoms with Crippen molar-refractivity contribution in [2.45, 2.75) is 38.8 Å². The quantitative estimate of drug-likeness (QED) is 0.425. The lowest BCUT2D eigenvalue weighted by Gasteiger charge is -2.21. The summed E-state index contributed by atoms with van der Waals surface area (Å²) < 4.78 is 10.5. The molecule has 0 spiro atoms. The van der Waals surface area contributed by atoms with Gasteiger partial charge >= 0.3 is 12.1 Å². The molecule has 9 heteroatoms. The molecule has 2 aromatic carbocycles. The van der Waals surface area contributed by atoms with Crippen LogP contribution < -0.4 is 10.6 Å². The number of nitrogens with zero attached hydrogens (tertiary/aromatic N) is 1. The van der Waals surface area contributed by atoms with Gasteiger partial charge in [0.2, 0.25) is 5.91 Å². The zero-order valence-corrected chi connectivity index (χ0v) is 19.5. The molecule has 0 saturated carbocycles. The van der Waals surface area contributed by atoms with Crippen molar-refractivity contribution in [3.8, 4) is 11.1 Å². The number of amides is 2. The van der Waals surface area contributed by atoms with Crippen molar-refractivity contribution in [2.75, 3.05) is 6.61 Å². The number of nitrogens with one attached hydrogen (secondary N) is 2. The predicted molar refractivity (Wildman–Crippen MR) is 127 cm³/mol. The lowest BCUT2D eigenvalue weighted by atomic mass is 9.98. The van der Waals surface area contributed by atoms with E-state index in [2.05, 4.69) is 27.9 Å². The second-order valence-corrected chi connectivity index (χ2v) is 8.85. The van der Waals surface area contributed by atoms with Gasteiger partial charge in [-0.15, -0.1) is 0 Å². The van der Waals surface area contributed by atoms with Gasteiger partial charge in [-0.25, -0.2) is 9.59 Å². The molecule has 1 aliphatic carbocycles. The second kappa shape index (κ2) is 10.4. The van der Waals surface area contributed by atoms with Crippen LogP contribution in [0.4, 0.5) is 4.79 Å². The molecule has 182 valence electrons. The smallest absolute Gasteiger partial charge is 0.407 e. The van der Waals surface area contributed by atoms with Crippen LogP contribution in [0.25, 0.3) is 11.1 Å². The number of rotatable bonds is 9. The fourth-order valence-electron chi connectivity index (χ4n) is 4.28. The largest absolute Gasteiger partial charge is 0.476 e. The van der Waals surface area contributed by atoms with E-state index in [9.17, 15) is 14.4 Å². The van der Waals surface area contributed by atoms with E-state index in [0.717, 1.165) is 22.3 Å². The Hall–Kier alpha value is -4.14. The Kier molecular flexibility index (Phi) is 7.14. The second-order valence-electron chi connectivity index (χ2n) is 8.85. The van der Waals surface area contributed by atoms with E-state index in [4.69, 9.17) is 14.4 Å². The van der Waals surface area contributed by atoms with Crippen molar-refractivity contribution >= 4 is 18.0 Å². The number of carbonyl (C=O) groups is 3. The molecule has 0 aliphatic heterocycles. The SMILES string of the molecule is CC(C)CC(NC(=O)OCC1c2ccccc2-c2ccccc21)C(=O)NCc1cc(C(=O)O)no1. The van der Waals surface area contributed by atoms with Crippen molar-refractivity contribution in [2.24, 2.45) is 5.92 Å². The highest BCUT2D eigenvalue weighted by Gasteiger charge is 2.30. The first kappa shape index (κ1) is 24.0. The third kappa shape index (κ3) is 5.51. The van der Waals surface area contributed by atoms with E-state index in [-0.39, 0.29) is 36.4 Å². The fraction of sp³-hybridized carbons (Fsp3) is 0.308. The van der Waals surface area contributed by atoms with Crippen molar-refractivity contribution < 1.29 is 28.8 Å². The zero-order valence-electron chi connectivity index (χ0n) is 19.5. The number of ether oxygens (including phenoxy) is 1. The molecule has 3 aromatic rings. The van der Waals surface area contributed by atoms with Crippen LogP contribution in [0.3, 0.4) is 0 Å². The molecule has 0 saturated heterocycles. The fourth-order valence-corrected chi connectivity index (χ4v) is 4.28. The Balaban J connectivity index is 1.37. The molecule has 1 heterocycles. The van der Waals surface area contributed by atoms with E-state index in [1.807, 2.05) is 50.2 Å². The highest BCUT2D eigenvalue weighted by molar-refractivity contribution is 5.86. The summed E-state index contributed by atoms with van der Waals surface area (Å²) in [6, 6.07) is 16.5. The predicted octanol–water partition coefficient (Wildman–Crippen LogP) is 3.94. The van der Waals surface area contributed by atoms with Crippen LogP contribution in [-0.2, 0) is 16.1 Å². The molecule has 9 nitrogen and oxygen atoms in total. The summed E-state index contributed by atoms with van der Waals surface area (Å²) in [5, 5.41) is 17.7. The molecule has 0 bridgehead atoms. The first-order valence-electron chi connectivity index (χ1n) is 11.4. The summed E-state index contributed by atoms with van der Waals surface area (Å²) in [6.07, 6.45) is -0.284. The summed E-state index contributed by atoms with van der Waals surface area (Å²) in [6.45, 7) is 3.97. The third-order valence-corrected chi connectivity index (χ3v) is 5.87. The Morgan fingerprint density at radius 2 is 1.69 bits per heavy atom. The van der Waals surface area contributed by atoms with Gasteiger partial charge in [-0.2, -0.15) is 0 Å². The summed E-state index contributed by atoms with van der Waals surface area (Å²) in [4.78, 5) is 36.3. The number of hydrogen-bond donors (Lipinski definition) is 3. The van der Waals surface area contributed by atoms with Crippen molar-refractivity contribution in [3.63, 3.8) is 0 Å². The van der Waals surface area contributed by atoms with Gasteiger partial charge in [-0.1, -0.05) is 67.5 Å². The van der Waals surface area contributed by atoms with Gasteiger partial charge in [0.25, 0.3) is 0 Å². The lowest BCUT2D eigenvalue weighted by molar-refractivity contribution is -0.123. The van der Waals surface area contributed by atoms with Crippen molar-refractivity contribution in [1.29, 1.82) is 0 Å². The van der Waals surface area contributed by atoms with Gasteiger partial charge in [-0.3, -0.25) is 4.79 Å². The molecule has 1 aromatic heterocycles. The van der Waals surface area contributed by atoms with Crippen LogP contribution in [-0.4, -0.2) is 40.9 Å². The van der Waals surface area contributed by atoms with Crippen LogP contribution in [0.1, 0.15) is 53.6 Å². The maximum Gasteiger partial charge on any atom is 0.407 e. The first-order chi connectivity index (χ1) is 16.8. The molecular formula is C26H27N3O6. The first-order valence-corrected chi connectivity index (χ1v) is 11.4. The Labute approximate surface area is 202 Å². The molecule has 2 amide bonds. The summed E-state index contributed by atoms with van der Waals surface area (Å²) in [5.74, 6) is -1.41. The minimum Gasteiger partial charge on any atom is -0.476 e. The maximum atomic E-state index is 12.8. The number of benzene rings is 2. The molecule has 1 unspecified atom stereocenters. The third-order valence-electron chi connectivity index (χ3n) is 5.87. The zero-order chi connectivity index (χ0) is 24.9. The standard InChI is InChI=1S/C26H27N3O6/c1-15(2)11-22(24(30)27-13-16-12-23(25(31)32)29-35-16)28-26(33)34-14-21-19-9-5-3-7-17(19)18-8-4-6-10-20(18)21/h3-10,12,15,21-22H,11,13-14H2,1-2H3,(H,27,30)(H,28,33)(H,31,32). The van der Waals surface area contributed by atoms with Gasteiger partial charge in [0.15, 0.2) is 11.5 Å². The van der Waals surface area contributed by atoms with E-state index in [1.54, 1.807) is 0 Å². The van der Waals surface area contributed by atoms with E-state index >= 15 is 0 Å². The number of carbonyl (C=O) groups excluding carboxylic acids is 2. The molecule has 3 N–H and O–H groups in total. The van der Waals surface area contributed by atoms with Crippen LogP contribution in [0, 0.1) is 5.92 Å². The Morgan fingerprint density at radius 1 is 1.06 bits per heavy atom. The number of alkyl carbamates (subject to hydrolysis) is 1. The number of fused-ring (bicyclic) bond motifs is 3. The number of aromatic nitrogens is 1. The highest BCUT2D eigenvalue weighted by Crippen LogP contribution is 2.44. The normalized spacial score (nSPS) is 13.1. The maximum absolute atomic E-state index is 12.8.